The van der Waals surface area contributed by atoms with E-state index in [1.165, 1.54) is 38.5 Å². The molecule has 0 saturated carbocycles. The molecule has 0 rings (SSSR count). The molecule has 0 N–H and O–H groups in total. The summed E-state index contributed by atoms with van der Waals surface area (Å²) in [5.74, 6) is 3.83. The molecule has 0 nitrogen and oxygen atoms in total. The summed E-state index contributed by atoms with van der Waals surface area (Å²) in [5, 5.41) is 0. The summed E-state index contributed by atoms with van der Waals surface area (Å²) in [5.41, 5.74) is 0. The van der Waals surface area contributed by atoms with Gasteiger partial charge in [0, 0.05) is 0 Å². The molecule has 0 heteroatoms. The molecule has 0 aliphatic heterocycles. The van der Waals surface area contributed by atoms with Gasteiger partial charge in [0.05, 0.1) is 0 Å². The molecule has 16 heavy (non-hydrogen) atoms. The molecule has 0 amide bonds. The highest BCUT2D eigenvalue weighted by Gasteiger charge is 2.29. The summed E-state index contributed by atoms with van der Waals surface area (Å²) in [6.45, 7) is 14.3. The van der Waals surface area contributed by atoms with E-state index in [9.17, 15) is 0 Å². The predicted molar refractivity (Wildman–Crippen MR) is 75.7 cm³/mol. The van der Waals surface area contributed by atoms with E-state index in [0.29, 0.717) is 0 Å². The van der Waals surface area contributed by atoms with Crippen LogP contribution in [0.25, 0.3) is 0 Å². The number of hydrogen-bond acceptors (Lipinski definition) is 0. The molecule has 0 radical (unpaired) electrons. The molecule has 0 fully saturated rings. The van der Waals surface area contributed by atoms with Gasteiger partial charge in [-0.1, -0.05) is 80.1 Å². The van der Waals surface area contributed by atoms with Gasteiger partial charge in [0.2, 0.25) is 0 Å². The fourth-order valence-electron chi connectivity index (χ4n) is 3.76. The van der Waals surface area contributed by atoms with Crippen molar-refractivity contribution in [2.24, 2.45) is 23.7 Å². The Morgan fingerprint density at radius 3 is 0.812 bits per heavy atom. The van der Waals surface area contributed by atoms with Crippen molar-refractivity contribution in [1.82, 2.24) is 0 Å². The Balaban J connectivity index is 4.71. The lowest BCUT2D eigenvalue weighted by molar-refractivity contribution is 0.135. The topological polar surface area (TPSA) is 0 Å². The molecule has 0 aliphatic carbocycles. The van der Waals surface area contributed by atoms with Crippen molar-refractivity contribution in [2.45, 2.75) is 80.1 Å². The lowest BCUT2D eigenvalue weighted by Crippen LogP contribution is -2.28. The van der Waals surface area contributed by atoms with E-state index in [1.54, 1.807) is 0 Å². The van der Waals surface area contributed by atoms with Gasteiger partial charge in [-0.15, -0.1) is 0 Å². The van der Waals surface area contributed by atoms with E-state index in [-0.39, 0.29) is 0 Å². The highest BCUT2D eigenvalue weighted by Crippen LogP contribution is 2.38. The van der Waals surface area contributed by atoms with Crippen LogP contribution in [0.3, 0.4) is 0 Å². The number of hydrogen-bond donors (Lipinski definition) is 0. The minimum absolute atomic E-state index is 0.954. The summed E-state index contributed by atoms with van der Waals surface area (Å²) in [6.07, 6.45) is 8.22. The van der Waals surface area contributed by atoms with Crippen LogP contribution >= 0.6 is 0 Å². The highest BCUT2D eigenvalue weighted by molar-refractivity contribution is 4.79. The van der Waals surface area contributed by atoms with Gasteiger partial charge in [0.25, 0.3) is 0 Å². The second kappa shape index (κ2) is 9.07. The molecular formula is C16H34. The maximum Gasteiger partial charge on any atom is -0.0358 e. The molecule has 0 aromatic heterocycles. The SMILES string of the molecule is CCC(CC)C(CC)C(CC)C(CC)CC. The summed E-state index contributed by atoms with van der Waals surface area (Å²) >= 11 is 0. The summed E-state index contributed by atoms with van der Waals surface area (Å²) < 4.78 is 0. The maximum absolute atomic E-state index is 2.40. The van der Waals surface area contributed by atoms with Gasteiger partial charge in [-0.25, -0.2) is 0 Å². The second-order valence-corrected chi connectivity index (χ2v) is 5.30. The average molecular weight is 226 g/mol. The van der Waals surface area contributed by atoms with Crippen molar-refractivity contribution in [3.05, 3.63) is 0 Å². The molecule has 0 aromatic rings. The Morgan fingerprint density at radius 2 is 0.688 bits per heavy atom. The quantitative estimate of drug-likeness (QED) is 0.458. The molecular weight excluding hydrogens is 192 g/mol. The van der Waals surface area contributed by atoms with Crippen molar-refractivity contribution in [3.63, 3.8) is 0 Å². The smallest absolute Gasteiger partial charge is 0.0358 e. The Hall–Kier alpha value is 0. The zero-order valence-corrected chi connectivity index (χ0v) is 12.6. The molecule has 0 saturated heterocycles. The van der Waals surface area contributed by atoms with Crippen LogP contribution in [-0.2, 0) is 0 Å². The van der Waals surface area contributed by atoms with Crippen LogP contribution in [0.4, 0.5) is 0 Å². The van der Waals surface area contributed by atoms with E-state index in [4.69, 9.17) is 0 Å². The van der Waals surface area contributed by atoms with Gasteiger partial charge in [0.15, 0.2) is 0 Å². The second-order valence-electron chi connectivity index (χ2n) is 5.30. The molecule has 0 aromatic carbocycles. The first-order valence-corrected chi connectivity index (χ1v) is 7.69. The van der Waals surface area contributed by atoms with Gasteiger partial charge in [-0.2, -0.15) is 0 Å². The minimum atomic E-state index is 0.954. The molecule has 2 atom stereocenters. The van der Waals surface area contributed by atoms with Crippen molar-refractivity contribution >= 4 is 0 Å². The van der Waals surface area contributed by atoms with Crippen LogP contribution in [0.1, 0.15) is 80.1 Å². The molecule has 0 heterocycles. The molecule has 0 spiro atoms. The van der Waals surface area contributed by atoms with Crippen LogP contribution in [0.5, 0.6) is 0 Å². The van der Waals surface area contributed by atoms with E-state index in [0.717, 1.165) is 23.7 Å². The molecule has 0 aliphatic rings. The van der Waals surface area contributed by atoms with E-state index >= 15 is 0 Å². The van der Waals surface area contributed by atoms with Crippen LogP contribution < -0.4 is 0 Å². The number of rotatable bonds is 9. The van der Waals surface area contributed by atoms with Crippen LogP contribution in [0, 0.1) is 23.7 Å². The highest BCUT2D eigenvalue weighted by atomic mass is 14.3. The van der Waals surface area contributed by atoms with Crippen LogP contribution in [0.15, 0.2) is 0 Å². The fraction of sp³-hybridized carbons (Fsp3) is 1.00. The molecule has 2 unspecified atom stereocenters. The first-order valence-electron chi connectivity index (χ1n) is 7.69. The third-order valence-electron chi connectivity index (χ3n) is 4.80. The summed E-state index contributed by atoms with van der Waals surface area (Å²) in [6, 6.07) is 0. The van der Waals surface area contributed by atoms with Gasteiger partial charge < -0.3 is 0 Å². The van der Waals surface area contributed by atoms with Crippen molar-refractivity contribution in [1.29, 1.82) is 0 Å². The van der Waals surface area contributed by atoms with E-state index in [2.05, 4.69) is 41.5 Å². The lowest BCUT2D eigenvalue weighted by Gasteiger charge is -2.36. The standard InChI is InChI=1S/C16H34/c1-7-13(8-2)15(11-5)16(12-6)14(9-3)10-4/h13-16H,7-12H2,1-6H3. The van der Waals surface area contributed by atoms with Crippen molar-refractivity contribution in [2.75, 3.05) is 0 Å². The maximum atomic E-state index is 2.40. The summed E-state index contributed by atoms with van der Waals surface area (Å²) in [7, 11) is 0. The zero-order valence-electron chi connectivity index (χ0n) is 12.6. The third-order valence-corrected chi connectivity index (χ3v) is 4.80. The lowest BCUT2D eigenvalue weighted by atomic mass is 9.69. The van der Waals surface area contributed by atoms with Crippen LogP contribution in [-0.4, -0.2) is 0 Å². The predicted octanol–water partition coefficient (Wildman–Crippen LogP) is 5.91. The first-order chi connectivity index (χ1) is 7.69. The van der Waals surface area contributed by atoms with Crippen molar-refractivity contribution in [3.8, 4) is 0 Å². The van der Waals surface area contributed by atoms with E-state index in [1.807, 2.05) is 0 Å². The van der Waals surface area contributed by atoms with Gasteiger partial charge in [-0.3, -0.25) is 0 Å². The average Bonchev–Trinajstić information content (AvgIpc) is 2.33. The molecule has 0 bridgehead atoms. The first kappa shape index (κ1) is 16.0. The Labute approximate surface area is 104 Å². The minimum Gasteiger partial charge on any atom is -0.0651 e. The largest absolute Gasteiger partial charge is 0.0651 e. The monoisotopic (exact) mass is 226 g/mol. The normalized spacial score (nSPS) is 15.8. The van der Waals surface area contributed by atoms with Gasteiger partial charge >= 0.3 is 0 Å². The van der Waals surface area contributed by atoms with Gasteiger partial charge in [-0.05, 0) is 23.7 Å². The molecule has 98 valence electrons. The third kappa shape index (κ3) is 4.11. The Kier molecular flexibility index (Phi) is 9.07. The Morgan fingerprint density at radius 1 is 0.438 bits per heavy atom. The van der Waals surface area contributed by atoms with E-state index < -0.39 is 0 Å². The fourth-order valence-corrected chi connectivity index (χ4v) is 3.76. The van der Waals surface area contributed by atoms with Gasteiger partial charge in [0.1, 0.15) is 0 Å². The zero-order chi connectivity index (χ0) is 12.6. The summed E-state index contributed by atoms with van der Waals surface area (Å²) in [4.78, 5) is 0. The Bertz CT molecular complexity index is 124. The van der Waals surface area contributed by atoms with Crippen molar-refractivity contribution < 1.29 is 0 Å². The van der Waals surface area contributed by atoms with Crippen LogP contribution in [0.2, 0.25) is 0 Å².